The average Bonchev–Trinajstić information content (AvgIpc) is 2.75. The van der Waals surface area contributed by atoms with Crippen LogP contribution in [0.15, 0.2) is 0 Å². The third-order valence-corrected chi connectivity index (χ3v) is 5.29. The molecule has 0 fully saturated rings. The van der Waals surface area contributed by atoms with Crippen molar-refractivity contribution in [3.63, 3.8) is 0 Å². The zero-order valence-electron chi connectivity index (χ0n) is 18.6. The van der Waals surface area contributed by atoms with Gasteiger partial charge in [-0.25, -0.2) is 4.79 Å². The molecule has 0 rings (SSSR count). The molecule has 0 bridgehead atoms. The van der Waals surface area contributed by atoms with E-state index >= 15 is 0 Å². The molecule has 0 aliphatic carbocycles. The monoisotopic (exact) mass is 491 g/mol. The van der Waals surface area contributed by atoms with Crippen LogP contribution in [0, 0.1) is 5.92 Å². The highest BCUT2D eigenvalue weighted by Crippen LogP contribution is 2.11. The Kier molecular flexibility index (Phi) is 13.7. The zero-order chi connectivity index (χ0) is 25.7. The van der Waals surface area contributed by atoms with E-state index < -0.39 is 72.1 Å². The van der Waals surface area contributed by atoms with Crippen molar-refractivity contribution in [3.8, 4) is 0 Å². The maximum atomic E-state index is 12.9. The summed E-state index contributed by atoms with van der Waals surface area (Å²) in [5.41, 5.74) is 10.7. The number of hydrogen-bond acceptors (Lipinski definition) is 8. The fraction of sp³-hybridized carbons (Fsp3) is 0.684. The summed E-state index contributed by atoms with van der Waals surface area (Å²) in [6.07, 6.45) is -0.795. The number of carbonyl (C=O) groups excluding carboxylic acids is 4. The first-order chi connectivity index (χ1) is 15.3. The van der Waals surface area contributed by atoms with Crippen LogP contribution in [0.25, 0.3) is 0 Å². The minimum atomic E-state index is -1.48. The lowest BCUT2D eigenvalue weighted by Gasteiger charge is -2.28. The largest absolute Gasteiger partial charge is 0.481 e. The number of amides is 4. The molecule has 5 unspecified atom stereocenters. The van der Waals surface area contributed by atoms with Crippen LogP contribution in [0.1, 0.15) is 46.0 Å². The first-order valence-corrected chi connectivity index (χ1v) is 11.0. The Morgan fingerprint density at radius 2 is 1.42 bits per heavy atom. The Hall–Kier alpha value is -2.87. The molecule has 0 aliphatic rings. The molecule has 0 aromatic rings. The Balaban J connectivity index is 5.57. The summed E-state index contributed by atoms with van der Waals surface area (Å²) in [5, 5.41) is 25.2. The van der Waals surface area contributed by atoms with Crippen molar-refractivity contribution in [2.75, 3.05) is 5.75 Å². The summed E-state index contributed by atoms with van der Waals surface area (Å²) in [5.74, 6) is -6.13. The molecule has 0 aromatic carbocycles. The standard InChI is InChI=1S/C19H33N5O8S/c1-3-9(2)15(18(30)23-12(19(31)32)5-7-14(26)27)24-17(29)11(4-6-13(21)25)22-16(28)10(20)8-33/h9-12,15,33H,3-8,20H2,1-2H3,(H2,21,25)(H,22,28)(H,23,30)(H,24,29)(H,26,27)(H,31,32). The molecule has 13 nitrogen and oxygen atoms in total. The van der Waals surface area contributed by atoms with Crippen LogP contribution in [0.4, 0.5) is 0 Å². The number of thiol groups is 1. The van der Waals surface area contributed by atoms with Crippen molar-refractivity contribution in [2.45, 2.75) is 70.1 Å². The van der Waals surface area contributed by atoms with Crippen molar-refractivity contribution in [1.29, 1.82) is 0 Å². The van der Waals surface area contributed by atoms with E-state index in [-0.39, 0.29) is 25.0 Å². The third kappa shape index (κ3) is 11.5. The molecule has 0 heterocycles. The quantitative estimate of drug-likeness (QED) is 0.111. The number of nitrogens with one attached hydrogen (secondary N) is 3. The Bertz CT molecular complexity index is 735. The van der Waals surface area contributed by atoms with Crippen LogP contribution >= 0.6 is 12.6 Å². The van der Waals surface area contributed by atoms with Crippen molar-refractivity contribution in [3.05, 3.63) is 0 Å². The molecule has 0 radical (unpaired) electrons. The smallest absolute Gasteiger partial charge is 0.326 e. The van der Waals surface area contributed by atoms with Crippen LogP contribution in [0.5, 0.6) is 0 Å². The molecule has 0 aromatic heterocycles. The highest BCUT2D eigenvalue weighted by molar-refractivity contribution is 7.80. The fourth-order valence-corrected chi connectivity index (χ4v) is 2.83. The topological polar surface area (TPSA) is 231 Å². The van der Waals surface area contributed by atoms with Crippen molar-refractivity contribution in [2.24, 2.45) is 17.4 Å². The van der Waals surface area contributed by atoms with Crippen molar-refractivity contribution in [1.82, 2.24) is 16.0 Å². The zero-order valence-corrected chi connectivity index (χ0v) is 19.5. The van der Waals surface area contributed by atoms with Gasteiger partial charge in [-0.05, 0) is 18.8 Å². The second kappa shape index (κ2) is 15.1. The number of nitrogens with two attached hydrogens (primary N) is 2. The van der Waals surface area contributed by atoms with Crippen LogP contribution in [-0.2, 0) is 28.8 Å². The van der Waals surface area contributed by atoms with Crippen molar-refractivity contribution < 1.29 is 39.0 Å². The minimum Gasteiger partial charge on any atom is -0.481 e. The predicted octanol–water partition coefficient (Wildman–Crippen LogP) is -2.04. The van der Waals surface area contributed by atoms with E-state index in [9.17, 15) is 33.9 Å². The summed E-state index contributed by atoms with van der Waals surface area (Å²) < 4.78 is 0. The van der Waals surface area contributed by atoms with E-state index in [4.69, 9.17) is 16.6 Å². The summed E-state index contributed by atoms with van der Waals surface area (Å²) in [7, 11) is 0. The molecule has 9 N–H and O–H groups in total. The Labute approximate surface area is 196 Å². The van der Waals surface area contributed by atoms with E-state index in [1.54, 1.807) is 13.8 Å². The Morgan fingerprint density at radius 1 is 0.879 bits per heavy atom. The molecule has 188 valence electrons. The summed E-state index contributed by atoms with van der Waals surface area (Å²) >= 11 is 3.92. The van der Waals surface area contributed by atoms with E-state index in [1.165, 1.54) is 0 Å². The molecule has 0 saturated heterocycles. The Morgan fingerprint density at radius 3 is 1.88 bits per heavy atom. The number of primary amides is 1. The maximum Gasteiger partial charge on any atom is 0.326 e. The lowest BCUT2D eigenvalue weighted by Crippen LogP contribution is -2.58. The van der Waals surface area contributed by atoms with Gasteiger partial charge in [-0.2, -0.15) is 12.6 Å². The summed E-state index contributed by atoms with van der Waals surface area (Å²) in [4.78, 5) is 71.1. The average molecular weight is 492 g/mol. The van der Waals surface area contributed by atoms with Gasteiger partial charge in [0.1, 0.15) is 18.1 Å². The number of rotatable bonds is 16. The second-order valence-corrected chi connectivity index (χ2v) is 7.92. The number of carboxylic acid groups (broad SMARTS) is 2. The van der Waals surface area contributed by atoms with Crippen LogP contribution in [-0.4, -0.2) is 75.7 Å². The maximum absolute atomic E-state index is 12.9. The van der Waals surface area contributed by atoms with Gasteiger partial charge in [0.2, 0.25) is 23.6 Å². The molecular weight excluding hydrogens is 458 g/mol. The molecular formula is C19H33N5O8S. The number of carbonyl (C=O) groups is 6. The van der Waals surface area contributed by atoms with E-state index in [0.29, 0.717) is 6.42 Å². The van der Waals surface area contributed by atoms with E-state index in [2.05, 4.69) is 28.6 Å². The van der Waals surface area contributed by atoms with Gasteiger partial charge in [0.25, 0.3) is 0 Å². The van der Waals surface area contributed by atoms with Crippen LogP contribution in [0.3, 0.4) is 0 Å². The molecule has 33 heavy (non-hydrogen) atoms. The molecule has 5 atom stereocenters. The number of carboxylic acids is 2. The van der Waals surface area contributed by atoms with Gasteiger partial charge in [0, 0.05) is 18.6 Å². The van der Waals surface area contributed by atoms with Crippen molar-refractivity contribution >= 4 is 48.2 Å². The number of aliphatic carboxylic acids is 2. The highest BCUT2D eigenvalue weighted by atomic mass is 32.1. The van der Waals surface area contributed by atoms with Crippen LogP contribution < -0.4 is 27.4 Å². The molecule has 4 amide bonds. The predicted molar refractivity (Wildman–Crippen MR) is 120 cm³/mol. The minimum absolute atomic E-state index is 0.000805. The fourth-order valence-electron chi connectivity index (χ4n) is 2.66. The van der Waals surface area contributed by atoms with Gasteiger partial charge in [-0.1, -0.05) is 20.3 Å². The lowest BCUT2D eigenvalue weighted by molar-refractivity contribution is -0.143. The van der Waals surface area contributed by atoms with Gasteiger partial charge in [-0.15, -0.1) is 0 Å². The molecule has 14 heteroatoms. The lowest BCUT2D eigenvalue weighted by atomic mass is 9.96. The van der Waals surface area contributed by atoms with Gasteiger partial charge in [0.15, 0.2) is 0 Å². The van der Waals surface area contributed by atoms with E-state index in [1.807, 2.05) is 0 Å². The van der Waals surface area contributed by atoms with E-state index in [0.717, 1.165) is 0 Å². The SMILES string of the molecule is CCC(C)C(NC(=O)C(CCC(N)=O)NC(=O)C(N)CS)C(=O)NC(CCC(=O)O)C(=O)O. The summed E-state index contributed by atoms with van der Waals surface area (Å²) in [6.45, 7) is 3.39. The number of hydrogen-bond donors (Lipinski definition) is 8. The molecule has 0 spiro atoms. The highest BCUT2D eigenvalue weighted by Gasteiger charge is 2.32. The first kappa shape index (κ1) is 30.1. The van der Waals surface area contributed by atoms with Gasteiger partial charge in [-0.3, -0.25) is 24.0 Å². The molecule has 0 saturated carbocycles. The van der Waals surface area contributed by atoms with Crippen LogP contribution in [0.2, 0.25) is 0 Å². The van der Waals surface area contributed by atoms with Gasteiger partial charge in [0.05, 0.1) is 6.04 Å². The normalized spacial score (nSPS) is 15.3. The first-order valence-electron chi connectivity index (χ1n) is 10.3. The van der Waals surface area contributed by atoms with Gasteiger partial charge >= 0.3 is 11.9 Å². The second-order valence-electron chi connectivity index (χ2n) is 7.56. The third-order valence-electron chi connectivity index (χ3n) is 4.90. The summed E-state index contributed by atoms with van der Waals surface area (Å²) in [6, 6.07) is -4.93. The molecule has 0 aliphatic heterocycles. The van der Waals surface area contributed by atoms with Gasteiger partial charge < -0.3 is 37.6 Å².